The molecular formula is C42H56N6O4. The zero-order valence-electron chi connectivity index (χ0n) is 33.0. The summed E-state index contributed by atoms with van der Waals surface area (Å²) >= 11 is 0. The van der Waals surface area contributed by atoms with Gasteiger partial charge >= 0.3 is 12.2 Å². The lowest BCUT2D eigenvalue weighted by molar-refractivity contribution is 0.0448. The van der Waals surface area contributed by atoms with Gasteiger partial charge in [-0.1, -0.05) is 77.9 Å². The molecule has 0 radical (unpaired) electrons. The Bertz CT molecular complexity index is 1850. The van der Waals surface area contributed by atoms with Crippen molar-refractivity contribution in [1.82, 2.24) is 30.6 Å². The van der Waals surface area contributed by atoms with Gasteiger partial charge in [-0.3, -0.25) is 0 Å². The first-order valence-electron chi connectivity index (χ1n) is 18.5. The molecule has 0 fully saturated rings. The predicted molar refractivity (Wildman–Crippen MR) is 205 cm³/mol. The number of amides is 2. The molecule has 2 aliphatic rings. The zero-order chi connectivity index (χ0) is 38.0. The molecule has 2 aromatic carbocycles. The maximum absolute atomic E-state index is 12.8. The minimum absolute atomic E-state index is 0.291. The average molecular weight is 709 g/mol. The van der Waals surface area contributed by atoms with E-state index in [-0.39, 0.29) is 22.9 Å². The highest BCUT2D eigenvalue weighted by Gasteiger charge is 2.35. The first kappa shape index (κ1) is 37.2. The largest absolute Gasteiger partial charge is 0.444 e. The fraction of sp³-hybridized carbons (Fsp3) is 0.524. The van der Waals surface area contributed by atoms with Gasteiger partial charge in [0.15, 0.2) is 0 Å². The van der Waals surface area contributed by atoms with Crippen LogP contribution in [0.1, 0.15) is 129 Å². The van der Waals surface area contributed by atoms with Crippen LogP contribution in [0.15, 0.2) is 36.4 Å². The number of carbonyl (C=O) groups is 2. The number of imidazole rings is 2. The monoisotopic (exact) mass is 708 g/mol. The lowest BCUT2D eigenvalue weighted by atomic mass is 9.86. The number of aromatic nitrogens is 4. The number of nitrogens with zero attached hydrogens (tertiary/aromatic N) is 2. The van der Waals surface area contributed by atoms with Gasteiger partial charge < -0.3 is 30.1 Å². The van der Waals surface area contributed by atoms with Gasteiger partial charge in [0.1, 0.15) is 22.9 Å². The van der Waals surface area contributed by atoms with Crippen molar-refractivity contribution in [2.75, 3.05) is 0 Å². The molecule has 2 heterocycles. The van der Waals surface area contributed by atoms with Crippen LogP contribution < -0.4 is 10.6 Å². The molecule has 2 amide bonds. The Labute approximate surface area is 308 Å². The SMILES string of the molecule is CC(C)(C)OC(=O)N[C@H](c1nc2c([nH]1)-c1ccc(-c3ccc4c(c3)CCc3nc([C@@H](NC(=O)OC(C)(C)C)C(C)(C)C)[nH]c3-4)cc1CC2)C(C)(C)C. The second kappa shape index (κ2) is 13.1. The minimum atomic E-state index is -0.590. The number of carbonyl (C=O) groups excluding carboxylic acids is 2. The average Bonchev–Trinajstić information content (AvgIpc) is 3.64. The van der Waals surface area contributed by atoms with Gasteiger partial charge in [-0.15, -0.1) is 0 Å². The molecule has 2 atom stereocenters. The number of aryl methyl sites for hydroxylation is 4. The van der Waals surface area contributed by atoms with E-state index in [1.165, 1.54) is 22.3 Å². The molecule has 278 valence electrons. The number of alkyl carbamates (subject to hydrolysis) is 2. The highest BCUT2D eigenvalue weighted by Crippen LogP contribution is 2.41. The van der Waals surface area contributed by atoms with Crippen LogP contribution in [-0.4, -0.2) is 43.3 Å². The maximum Gasteiger partial charge on any atom is 0.408 e. The van der Waals surface area contributed by atoms with E-state index in [4.69, 9.17) is 19.4 Å². The van der Waals surface area contributed by atoms with Crippen molar-refractivity contribution in [2.45, 2.75) is 132 Å². The maximum atomic E-state index is 12.8. The molecule has 10 nitrogen and oxygen atoms in total. The quantitative estimate of drug-likeness (QED) is 0.163. The number of H-pyrrole nitrogens is 2. The Hall–Kier alpha value is -4.60. The van der Waals surface area contributed by atoms with Gasteiger partial charge in [-0.05, 0) is 100 Å². The van der Waals surface area contributed by atoms with Crippen molar-refractivity contribution in [3.05, 3.63) is 70.6 Å². The smallest absolute Gasteiger partial charge is 0.408 e. The lowest BCUT2D eigenvalue weighted by Gasteiger charge is -2.31. The van der Waals surface area contributed by atoms with Crippen LogP contribution in [0.3, 0.4) is 0 Å². The van der Waals surface area contributed by atoms with Gasteiger partial charge in [0, 0.05) is 11.1 Å². The zero-order valence-corrected chi connectivity index (χ0v) is 33.0. The first-order chi connectivity index (χ1) is 24.1. The molecule has 6 rings (SSSR count). The number of benzene rings is 2. The van der Waals surface area contributed by atoms with Crippen LogP contribution in [0.4, 0.5) is 9.59 Å². The molecule has 0 aliphatic heterocycles. The summed E-state index contributed by atoms with van der Waals surface area (Å²) in [5, 5.41) is 6.14. The second-order valence-corrected chi connectivity index (χ2v) is 18.5. The number of fused-ring (bicyclic) bond motifs is 6. The summed E-state index contributed by atoms with van der Waals surface area (Å²) < 4.78 is 11.2. The standard InChI is InChI=1S/C42H56N6O4/c1-39(2,3)33(47-37(49)51-41(7,8)9)35-43-29-19-15-25-21-23(13-17-27(25)31(29)45-35)24-14-18-28-26(22-24)16-20-30-32(28)46-36(44-30)34(40(4,5)6)48-38(50)52-42(10,11)12/h13-14,17-18,21-22,33-34H,15-16,19-20H2,1-12H3,(H,43,45)(H,44,46)(H,47,49)(H,48,50)/t33-,34-/m1/s1. The van der Waals surface area contributed by atoms with E-state index in [1.54, 1.807) is 0 Å². The van der Waals surface area contributed by atoms with Crippen LogP contribution in [0.25, 0.3) is 33.6 Å². The Morgan fingerprint density at radius 3 is 1.29 bits per heavy atom. The number of nitrogens with one attached hydrogen (secondary N) is 4. The number of ether oxygens (including phenoxy) is 2. The van der Waals surface area contributed by atoms with Crippen molar-refractivity contribution in [2.24, 2.45) is 10.8 Å². The molecule has 0 bridgehead atoms. The second-order valence-electron chi connectivity index (χ2n) is 18.5. The third-order valence-corrected chi connectivity index (χ3v) is 9.54. The van der Waals surface area contributed by atoms with E-state index in [2.05, 4.69) is 98.5 Å². The topological polar surface area (TPSA) is 134 Å². The van der Waals surface area contributed by atoms with Crippen LogP contribution in [0.2, 0.25) is 0 Å². The summed E-state index contributed by atoms with van der Waals surface area (Å²) in [6.07, 6.45) is 2.50. The third kappa shape index (κ3) is 8.06. The summed E-state index contributed by atoms with van der Waals surface area (Å²) in [5.74, 6) is 1.48. The molecule has 4 N–H and O–H groups in total. The molecule has 52 heavy (non-hydrogen) atoms. The summed E-state index contributed by atoms with van der Waals surface area (Å²) in [6.45, 7) is 23.7. The van der Waals surface area contributed by atoms with Crippen LogP contribution in [-0.2, 0) is 35.2 Å². The Morgan fingerprint density at radius 1 is 0.596 bits per heavy atom. The molecular weight excluding hydrogens is 652 g/mol. The Kier molecular flexibility index (Phi) is 9.37. The third-order valence-electron chi connectivity index (χ3n) is 9.54. The molecule has 0 spiro atoms. The lowest BCUT2D eigenvalue weighted by Crippen LogP contribution is -2.40. The fourth-order valence-electron chi connectivity index (χ4n) is 7.13. The van der Waals surface area contributed by atoms with Gasteiger partial charge in [0.25, 0.3) is 0 Å². The molecule has 0 saturated carbocycles. The summed E-state index contributed by atoms with van der Waals surface area (Å²) in [5.41, 5.74) is 9.52. The number of rotatable bonds is 5. The van der Waals surface area contributed by atoms with Gasteiger partial charge in [-0.2, -0.15) is 0 Å². The van der Waals surface area contributed by atoms with Crippen molar-refractivity contribution in [3.63, 3.8) is 0 Å². The van der Waals surface area contributed by atoms with E-state index in [0.717, 1.165) is 71.2 Å². The molecule has 2 aliphatic carbocycles. The van der Waals surface area contributed by atoms with E-state index in [1.807, 2.05) is 41.5 Å². The van der Waals surface area contributed by atoms with Gasteiger partial charge in [-0.25, -0.2) is 19.6 Å². The van der Waals surface area contributed by atoms with Crippen LogP contribution >= 0.6 is 0 Å². The molecule has 4 aromatic rings. The van der Waals surface area contributed by atoms with E-state index >= 15 is 0 Å². The summed E-state index contributed by atoms with van der Waals surface area (Å²) in [4.78, 5) is 42.8. The van der Waals surface area contributed by atoms with Gasteiger partial charge in [0.05, 0.1) is 34.9 Å². The van der Waals surface area contributed by atoms with Crippen molar-refractivity contribution < 1.29 is 19.1 Å². The van der Waals surface area contributed by atoms with E-state index in [0.29, 0.717) is 0 Å². The highest BCUT2D eigenvalue weighted by atomic mass is 16.6. The predicted octanol–water partition coefficient (Wildman–Crippen LogP) is 9.55. The van der Waals surface area contributed by atoms with E-state index < -0.39 is 23.4 Å². The Balaban J connectivity index is 1.25. The highest BCUT2D eigenvalue weighted by molar-refractivity contribution is 5.78. The van der Waals surface area contributed by atoms with Crippen molar-refractivity contribution in [3.8, 4) is 33.6 Å². The number of hydrogen-bond acceptors (Lipinski definition) is 6. The van der Waals surface area contributed by atoms with Crippen LogP contribution in [0, 0.1) is 10.8 Å². The number of hydrogen-bond donors (Lipinski definition) is 4. The summed E-state index contributed by atoms with van der Waals surface area (Å²) in [6, 6.07) is 12.7. The molecule has 0 saturated heterocycles. The first-order valence-corrected chi connectivity index (χ1v) is 18.5. The summed E-state index contributed by atoms with van der Waals surface area (Å²) in [7, 11) is 0. The fourth-order valence-corrected chi connectivity index (χ4v) is 7.13. The van der Waals surface area contributed by atoms with Crippen LogP contribution in [0.5, 0.6) is 0 Å². The molecule has 10 heteroatoms. The molecule has 2 aromatic heterocycles. The van der Waals surface area contributed by atoms with E-state index in [9.17, 15) is 9.59 Å². The van der Waals surface area contributed by atoms with Gasteiger partial charge in [0.2, 0.25) is 0 Å². The number of aromatic amines is 2. The Morgan fingerprint density at radius 2 is 0.962 bits per heavy atom. The van der Waals surface area contributed by atoms with Crippen molar-refractivity contribution in [1.29, 1.82) is 0 Å². The van der Waals surface area contributed by atoms with Crippen molar-refractivity contribution >= 4 is 12.2 Å². The molecule has 0 unspecified atom stereocenters. The minimum Gasteiger partial charge on any atom is -0.444 e. The normalized spacial score (nSPS) is 15.4.